The van der Waals surface area contributed by atoms with Crippen molar-refractivity contribution in [1.29, 1.82) is 0 Å². The average molecular weight is 374 g/mol. The molecule has 1 aliphatic rings. The van der Waals surface area contributed by atoms with Crippen molar-refractivity contribution in [3.8, 4) is 5.69 Å². The van der Waals surface area contributed by atoms with Crippen molar-refractivity contribution < 1.29 is 4.79 Å². The number of aryl methyl sites for hydroxylation is 2. The van der Waals surface area contributed by atoms with Crippen LogP contribution in [-0.4, -0.2) is 46.8 Å². The smallest absolute Gasteiger partial charge is 0.254 e. The van der Waals surface area contributed by atoms with Gasteiger partial charge >= 0.3 is 0 Å². The lowest BCUT2D eigenvalue weighted by Crippen LogP contribution is -2.49. The van der Waals surface area contributed by atoms with Crippen molar-refractivity contribution in [3.63, 3.8) is 0 Å². The summed E-state index contributed by atoms with van der Waals surface area (Å²) in [5.74, 6) is 0.131. The lowest BCUT2D eigenvalue weighted by atomic mass is 10.1. The van der Waals surface area contributed by atoms with Gasteiger partial charge in [0.1, 0.15) is 0 Å². The molecule has 144 valence electrons. The molecule has 1 fully saturated rings. The SMILES string of the molecule is Cc1ccccc1C(=O)N1CCN(c2c(C)nn(-c3ccccc3)c2C)CC1. The lowest BCUT2D eigenvalue weighted by molar-refractivity contribution is 0.0746. The summed E-state index contributed by atoms with van der Waals surface area (Å²) in [6, 6.07) is 18.0. The van der Waals surface area contributed by atoms with Gasteiger partial charge in [0.05, 0.1) is 22.8 Å². The Morgan fingerprint density at radius 2 is 1.50 bits per heavy atom. The maximum atomic E-state index is 12.9. The molecule has 1 saturated heterocycles. The summed E-state index contributed by atoms with van der Waals surface area (Å²) < 4.78 is 2.01. The third-order valence-electron chi connectivity index (χ3n) is 5.51. The Bertz CT molecular complexity index is 985. The molecule has 0 unspecified atom stereocenters. The number of aromatic nitrogens is 2. The zero-order valence-electron chi connectivity index (χ0n) is 16.7. The maximum Gasteiger partial charge on any atom is 0.254 e. The van der Waals surface area contributed by atoms with Crippen molar-refractivity contribution in [3.05, 3.63) is 77.1 Å². The Morgan fingerprint density at radius 1 is 0.857 bits per heavy atom. The molecule has 1 amide bonds. The Hall–Kier alpha value is -3.08. The Morgan fingerprint density at radius 3 is 2.18 bits per heavy atom. The Kier molecular flexibility index (Phi) is 4.90. The van der Waals surface area contributed by atoms with Gasteiger partial charge < -0.3 is 9.80 Å². The van der Waals surface area contributed by atoms with Crippen LogP contribution in [0.25, 0.3) is 5.69 Å². The standard InChI is InChI=1S/C23H26N4O/c1-17-9-7-8-12-21(17)23(28)26-15-13-25(14-16-26)22-18(2)24-27(19(22)3)20-10-5-4-6-11-20/h4-12H,13-16H2,1-3H3. The summed E-state index contributed by atoms with van der Waals surface area (Å²) in [7, 11) is 0. The summed E-state index contributed by atoms with van der Waals surface area (Å²) in [6.45, 7) is 9.26. The van der Waals surface area contributed by atoms with Crippen LogP contribution in [0.1, 0.15) is 27.3 Å². The Balaban J connectivity index is 1.51. The first-order chi connectivity index (χ1) is 13.6. The molecule has 0 aliphatic carbocycles. The van der Waals surface area contributed by atoms with E-state index >= 15 is 0 Å². The van der Waals surface area contributed by atoms with E-state index < -0.39 is 0 Å². The summed E-state index contributed by atoms with van der Waals surface area (Å²) in [5, 5.41) is 4.76. The monoisotopic (exact) mass is 374 g/mol. The van der Waals surface area contributed by atoms with Crippen LogP contribution in [0, 0.1) is 20.8 Å². The number of para-hydroxylation sites is 1. The topological polar surface area (TPSA) is 41.4 Å². The van der Waals surface area contributed by atoms with E-state index in [1.807, 2.05) is 59.0 Å². The number of nitrogens with zero attached hydrogens (tertiary/aromatic N) is 4. The first-order valence-electron chi connectivity index (χ1n) is 9.78. The molecule has 3 aromatic rings. The van der Waals surface area contributed by atoms with Gasteiger partial charge in [-0.15, -0.1) is 0 Å². The first-order valence-corrected chi connectivity index (χ1v) is 9.78. The van der Waals surface area contributed by atoms with E-state index in [1.165, 1.54) is 5.69 Å². The van der Waals surface area contributed by atoms with Gasteiger partial charge in [-0.1, -0.05) is 36.4 Å². The van der Waals surface area contributed by atoms with Crippen LogP contribution in [0.3, 0.4) is 0 Å². The van der Waals surface area contributed by atoms with Gasteiger partial charge in [-0.3, -0.25) is 4.79 Å². The molecule has 0 bridgehead atoms. The van der Waals surface area contributed by atoms with Crippen molar-refractivity contribution in [1.82, 2.24) is 14.7 Å². The van der Waals surface area contributed by atoms with Gasteiger partial charge in [0.2, 0.25) is 0 Å². The number of anilines is 1. The largest absolute Gasteiger partial charge is 0.365 e. The van der Waals surface area contributed by atoms with Crippen molar-refractivity contribution in [2.45, 2.75) is 20.8 Å². The minimum atomic E-state index is 0.131. The van der Waals surface area contributed by atoms with E-state index in [1.54, 1.807) is 0 Å². The van der Waals surface area contributed by atoms with E-state index in [0.717, 1.165) is 54.4 Å². The van der Waals surface area contributed by atoms with E-state index in [-0.39, 0.29) is 5.91 Å². The van der Waals surface area contributed by atoms with Crippen LogP contribution in [0.2, 0.25) is 0 Å². The first kappa shape index (κ1) is 18.3. The summed E-state index contributed by atoms with van der Waals surface area (Å²) >= 11 is 0. The van der Waals surface area contributed by atoms with Crippen LogP contribution in [0.5, 0.6) is 0 Å². The normalized spacial score (nSPS) is 14.4. The van der Waals surface area contributed by atoms with Gasteiger partial charge in [-0.25, -0.2) is 4.68 Å². The number of hydrogen-bond donors (Lipinski definition) is 0. The maximum absolute atomic E-state index is 12.9. The number of benzene rings is 2. The van der Waals surface area contributed by atoms with Crippen molar-refractivity contribution in [2.24, 2.45) is 0 Å². The number of rotatable bonds is 3. The third-order valence-corrected chi connectivity index (χ3v) is 5.51. The lowest BCUT2D eigenvalue weighted by Gasteiger charge is -2.36. The van der Waals surface area contributed by atoms with Crippen LogP contribution in [0.4, 0.5) is 5.69 Å². The fraction of sp³-hybridized carbons (Fsp3) is 0.304. The molecule has 5 heteroatoms. The van der Waals surface area contributed by atoms with Gasteiger partial charge in [0.25, 0.3) is 5.91 Å². The van der Waals surface area contributed by atoms with Crippen LogP contribution >= 0.6 is 0 Å². The van der Waals surface area contributed by atoms with Crippen LogP contribution in [0.15, 0.2) is 54.6 Å². The van der Waals surface area contributed by atoms with E-state index in [2.05, 4.69) is 30.9 Å². The molecule has 2 aromatic carbocycles. The molecule has 28 heavy (non-hydrogen) atoms. The van der Waals surface area contributed by atoms with Crippen molar-refractivity contribution >= 4 is 11.6 Å². The Labute approximate surface area is 166 Å². The molecule has 1 aliphatic heterocycles. The average Bonchev–Trinajstić information content (AvgIpc) is 3.03. The third kappa shape index (κ3) is 3.28. The van der Waals surface area contributed by atoms with Gasteiger partial charge in [-0.2, -0.15) is 5.10 Å². The summed E-state index contributed by atoms with van der Waals surface area (Å²) in [6.07, 6.45) is 0. The molecule has 5 nitrogen and oxygen atoms in total. The van der Waals surface area contributed by atoms with Crippen LogP contribution in [-0.2, 0) is 0 Å². The molecule has 0 saturated carbocycles. The highest BCUT2D eigenvalue weighted by atomic mass is 16.2. The molecule has 1 aromatic heterocycles. The highest BCUT2D eigenvalue weighted by molar-refractivity contribution is 5.95. The second-order valence-electron chi connectivity index (χ2n) is 7.36. The van der Waals surface area contributed by atoms with Gasteiger partial charge in [0.15, 0.2) is 0 Å². The zero-order valence-corrected chi connectivity index (χ0v) is 16.7. The molecule has 0 spiro atoms. The van der Waals surface area contributed by atoms with E-state index in [9.17, 15) is 4.79 Å². The number of carbonyl (C=O) groups is 1. The number of piperazine rings is 1. The van der Waals surface area contributed by atoms with E-state index in [0.29, 0.717) is 0 Å². The molecule has 4 rings (SSSR count). The quantitative estimate of drug-likeness (QED) is 0.701. The predicted molar refractivity (Wildman–Crippen MR) is 112 cm³/mol. The number of hydrogen-bond acceptors (Lipinski definition) is 3. The van der Waals surface area contributed by atoms with Gasteiger partial charge in [0, 0.05) is 31.7 Å². The minimum absolute atomic E-state index is 0.131. The zero-order chi connectivity index (χ0) is 19.7. The molecular formula is C23H26N4O. The second-order valence-corrected chi connectivity index (χ2v) is 7.36. The molecular weight excluding hydrogens is 348 g/mol. The number of carbonyl (C=O) groups excluding carboxylic acids is 1. The fourth-order valence-electron chi connectivity index (χ4n) is 4.03. The van der Waals surface area contributed by atoms with Crippen molar-refractivity contribution in [2.75, 3.05) is 31.1 Å². The molecule has 0 N–H and O–H groups in total. The second kappa shape index (κ2) is 7.50. The van der Waals surface area contributed by atoms with E-state index in [4.69, 9.17) is 5.10 Å². The molecule has 0 radical (unpaired) electrons. The molecule has 0 atom stereocenters. The molecule has 2 heterocycles. The summed E-state index contributed by atoms with van der Waals surface area (Å²) in [5.41, 5.74) is 6.27. The van der Waals surface area contributed by atoms with Gasteiger partial charge in [-0.05, 0) is 44.5 Å². The minimum Gasteiger partial charge on any atom is -0.365 e. The predicted octanol–water partition coefficient (Wildman–Crippen LogP) is 3.76. The highest BCUT2D eigenvalue weighted by Gasteiger charge is 2.26. The summed E-state index contributed by atoms with van der Waals surface area (Å²) in [4.78, 5) is 17.2. The van der Waals surface area contributed by atoms with Crippen LogP contribution < -0.4 is 4.90 Å². The number of amides is 1. The highest BCUT2D eigenvalue weighted by Crippen LogP contribution is 2.28. The fourth-order valence-corrected chi connectivity index (χ4v) is 4.03.